The zero-order valence-corrected chi connectivity index (χ0v) is 20.8. The van der Waals surface area contributed by atoms with E-state index in [1.807, 2.05) is 32.9 Å². The monoisotopic (exact) mass is 508 g/mol. The van der Waals surface area contributed by atoms with Gasteiger partial charge in [-0.25, -0.2) is 4.79 Å². The van der Waals surface area contributed by atoms with Crippen LogP contribution in [0.2, 0.25) is 5.02 Å². The lowest BCUT2D eigenvalue weighted by Crippen LogP contribution is -2.38. The molecule has 0 N–H and O–H groups in total. The molecule has 1 aliphatic carbocycles. The zero-order valence-electron chi connectivity index (χ0n) is 18.5. The number of hydrogen-bond donors (Lipinski definition) is 0. The molecule has 0 spiro atoms. The van der Waals surface area contributed by atoms with E-state index in [4.69, 9.17) is 26.1 Å². The van der Waals surface area contributed by atoms with E-state index in [2.05, 4.69) is 15.9 Å². The summed E-state index contributed by atoms with van der Waals surface area (Å²) < 4.78 is 13.0. The van der Waals surface area contributed by atoms with Crippen LogP contribution in [0.5, 0.6) is 5.75 Å². The molecule has 1 fully saturated rings. The molecule has 0 radical (unpaired) electrons. The molecule has 0 bridgehead atoms. The molecule has 0 saturated heterocycles. The maximum Gasteiger partial charge on any atom is 0.410 e. The van der Waals surface area contributed by atoms with Gasteiger partial charge < -0.3 is 14.4 Å². The van der Waals surface area contributed by atoms with Gasteiger partial charge in [-0.2, -0.15) is 0 Å². The van der Waals surface area contributed by atoms with Crippen LogP contribution in [-0.4, -0.2) is 40.8 Å². The fraction of sp³-hybridized carbons (Fsp3) is 0.583. The summed E-state index contributed by atoms with van der Waals surface area (Å²) in [6.07, 6.45) is 7.22. The second-order valence-electron chi connectivity index (χ2n) is 9.47. The minimum absolute atomic E-state index is 0.242. The first kappa shape index (κ1) is 22.7. The van der Waals surface area contributed by atoms with E-state index in [1.165, 1.54) is 19.3 Å². The third-order valence-corrected chi connectivity index (χ3v) is 7.10. The Labute approximate surface area is 197 Å². The highest BCUT2D eigenvalue weighted by Crippen LogP contribution is 2.40. The van der Waals surface area contributed by atoms with Crippen LogP contribution >= 0.6 is 27.5 Å². The smallest absolute Gasteiger partial charge is 0.410 e. The average molecular weight is 510 g/mol. The number of halogens is 2. The molecule has 2 aromatic rings. The van der Waals surface area contributed by atoms with E-state index in [0.717, 1.165) is 45.2 Å². The molecular weight excluding hydrogens is 480 g/mol. The zero-order chi connectivity index (χ0) is 22.2. The van der Waals surface area contributed by atoms with Gasteiger partial charge in [-0.15, -0.1) is 0 Å². The number of carbonyl (C=O) groups excluding carboxylic acids is 1. The topological polar surface area (TPSA) is 51.7 Å². The fourth-order valence-electron chi connectivity index (χ4n) is 4.38. The molecule has 1 amide bonds. The molecule has 2 heterocycles. The van der Waals surface area contributed by atoms with Crippen molar-refractivity contribution in [3.05, 3.63) is 32.9 Å². The van der Waals surface area contributed by atoms with E-state index in [1.54, 1.807) is 4.90 Å². The van der Waals surface area contributed by atoms with Crippen molar-refractivity contribution >= 4 is 44.5 Å². The Balaban J connectivity index is 1.66. The number of pyridine rings is 1. The molecule has 7 heteroatoms. The van der Waals surface area contributed by atoms with E-state index < -0.39 is 5.60 Å². The SMILES string of the molecule is CC(C)(C)OC(=O)N1CCc2nc3c(Cl)ccc(OC4CCCCC4)c3c(Br)c2CC1. The van der Waals surface area contributed by atoms with E-state index in [9.17, 15) is 4.79 Å². The summed E-state index contributed by atoms with van der Waals surface area (Å²) in [6.45, 7) is 6.82. The van der Waals surface area contributed by atoms with Crippen LogP contribution in [0.3, 0.4) is 0 Å². The van der Waals surface area contributed by atoms with Gasteiger partial charge in [0.2, 0.25) is 0 Å². The first-order valence-corrected chi connectivity index (χ1v) is 12.3. The Hall–Kier alpha value is -1.53. The Morgan fingerprint density at radius 1 is 1.16 bits per heavy atom. The molecule has 0 unspecified atom stereocenters. The third-order valence-electron chi connectivity index (χ3n) is 5.92. The highest BCUT2D eigenvalue weighted by molar-refractivity contribution is 9.10. The van der Waals surface area contributed by atoms with Gasteiger partial charge in [0.1, 0.15) is 11.4 Å². The summed E-state index contributed by atoms with van der Waals surface area (Å²) in [7, 11) is 0. The molecule has 31 heavy (non-hydrogen) atoms. The molecule has 1 aliphatic heterocycles. The van der Waals surface area contributed by atoms with Crippen molar-refractivity contribution in [3.63, 3.8) is 0 Å². The van der Waals surface area contributed by atoms with Crippen LogP contribution < -0.4 is 4.74 Å². The molecule has 2 aliphatic rings. The van der Waals surface area contributed by atoms with Gasteiger partial charge in [-0.3, -0.25) is 4.98 Å². The number of nitrogens with zero attached hydrogens (tertiary/aromatic N) is 2. The summed E-state index contributed by atoms with van der Waals surface area (Å²) in [4.78, 5) is 19.3. The highest BCUT2D eigenvalue weighted by atomic mass is 79.9. The second-order valence-corrected chi connectivity index (χ2v) is 10.7. The van der Waals surface area contributed by atoms with E-state index in [-0.39, 0.29) is 12.2 Å². The van der Waals surface area contributed by atoms with Crippen molar-refractivity contribution < 1.29 is 14.3 Å². The van der Waals surface area contributed by atoms with Crippen molar-refractivity contribution in [3.8, 4) is 5.75 Å². The van der Waals surface area contributed by atoms with Gasteiger partial charge in [0.25, 0.3) is 0 Å². The quantitative estimate of drug-likeness (QED) is 0.452. The van der Waals surface area contributed by atoms with Crippen LogP contribution in [0.15, 0.2) is 16.6 Å². The van der Waals surface area contributed by atoms with Crippen molar-refractivity contribution in [1.29, 1.82) is 0 Å². The van der Waals surface area contributed by atoms with Gasteiger partial charge in [0.15, 0.2) is 0 Å². The summed E-state index contributed by atoms with van der Waals surface area (Å²) in [6, 6.07) is 3.83. The van der Waals surface area contributed by atoms with Crippen LogP contribution in [0.25, 0.3) is 10.9 Å². The molecule has 168 valence electrons. The van der Waals surface area contributed by atoms with Gasteiger partial charge in [-0.05, 0) is 86.5 Å². The summed E-state index contributed by atoms with van der Waals surface area (Å²) >= 11 is 10.4. The number of ether oxygens (including phenoxy) is 2. The molecule has 4 rings (SSSR count). The Kier molecular flexibility index (Phi) is 6.68. The number of rotatable bonds is 2. The Morgan fingerprint density at radius 3 is 2.58 bits per heavy atom. The Morgan fingerprint density at radius 2 is 1.87 bits per heavy atom. The van der Waals surface area contributed by atoms with Gasteiger partial charge in [-0.1, -0.05) is 18.0 Å². The average Bonchev–Trinajstić information content (AvgIpc) is 2.93. The van der Waals surface area contributed by atoms with Gasteiger partial charge in [0.05, 0.1) is 22.0 Å². The highest BCUT2D eigenvalue weighted by Gasteiger charge is 2.27. The first-order valence-electron chi connectivity index (χ1n) is 11.2. The lowest BCUT2D eigenvalue weighted by molar-refractivity contribution is 0.0258. The van der Waals surface area contributed by atoms with Crippen LogP contribution in [0.4, 0.5) is 4.79 Å². The molecule has 1 aromatic carbocycles. The maximum atomic E-state index is 12.6. The van der Waals surface area contributed by atoms with Crippen molar-refractivity contribution in [2.45, 2.75) is 77.4 Å². The molecular formula is C24H30BrClN2O3. The van der Waals surface area contributed by atoms with Gasteiger partial charge in [0, 0.05) is 29.7 Å². The predicted octanol–water partition coefficient (Wildman–Crippen LogP) is 6.70. The number of hydrogen-bond acceptors (Lipinski definition) is 4. The number of fused-ring (bicyclic) bond motifs is 2. The predicted molar refractivity (Wildman–Crippen MR) is 127 cm³/mol. The number of amides is 1. The second kappa shape index (κ2) is 9.14. The fourth-order valence-corrected chi connectivity index (χ4v) is 5.39. The van der Waals surface area contributed by atoms with Crippen molar-refractivity contribution in [2.24, 2.45) is 0 Å². The normalized spacial score (nSPS) is 17.9. The van der Waals surface area contributed by atoms with Crippen LogP contribution in [-0.2, 0) is 17.6 Å². The first-order chi connectivity index (χ1) is 14.7. The lowest BCUT2D eigenvalue weighted by Gasteiger charge is -2.26. The largest absolute Gasteiger partial charge is 0.490 e. The van der Waals surface area contributed by atoms with Crippen molar-refractivity contribution in [2.75, 3.05) is 13.1 Å². The van der Waals surface area contributed by atoms with Crippen molar-refractivity contribution in [1.82, 2.24) is 9.88 Å². The minimum atomic E-state index is -0.511. The molecule has 1 saturated carbocycles. The third kappa shape index (κ3) is 5.11. The van der Waals surface area contributed by atoms with E-state index >= 15 is 0 Å². The van der Waals surface area contributed by atoms with Crippen LogP contribution in [0.1, 0.15) is 64.1 Å². The Bertz CT molecular complexity index is 983. The van der Waals surface area contributed by atoms with Gasteiger partial charge >= 0.3 is 6.09 Å². The number of aromatic nitrogens is 1. The molecule has 0 atom stereocenters. The lowest BCUT2D eigenvalue weighted by atomic mass is 9.97. The summed E-state index contributed by atoms with van der Waals surface area (Å²) in [5.41, 5.74) is 2.34. The summed E-state index contributed by atoms with van der Waals surface area (Å²) in [5.74, 6) is 0.835. The molecule has 1 aromatic heterocycles. The maximum absolute atomic E-state index is 12.6. The molecule has 5 nitrogen and oxygen atoms in total. The van der Waals surface area contributed by atoms with Crippen LogP contribution in [0, 0.1) is 0 Å². The van der Waals surface area contributed by atoms with E-state index in [0.29, 0.717) is 31.0 Å². The number of carbonyl (C=O) groups is 1. The number of benzene rings is 1. The standard InChI is InChI=1S/C24H30BrClN2O3/c1-24(2,3)31-23(29)28-13-11-16-18(12-14-28)27-22-17(26)9-10-19(20(22)21(16)25)30-15-7-5-4-6-8-15/h9-10,15H,4-8,11-14H2,1-3H3. The minimum Gasteiger partial charge on any atom is -0.490 e. The summed E-state index contributed by atoms with van der Waals surface area (Å²) in [5, 5.41) is 1.55.